The lowest BCUT2D eigenvalue weighted by molar-refractivity contribution is -0.278. The SMILES string of the molecule is CC1(C)OCC(C#Cc2ccc(C#Cc3ccc(C(=O)c4ccc(F)cc4)cc3)cc2)(N(C(=O)O)C(C)(C)C)CO1. The van der Waals surface area contributed by atoms with Crippen molar-refractivity contribution in [2.24, 2.45) is 0 Å². The van der Waals surface area contributed by atoms with Crippen LogP contribution in [0.15, 0.2) is 72.8 Å². The molecule has 0 aliphatic carbocycles. The van der Waals surface area contributed by atoms with Crippen LogP contribution in [0.5, 0.6) is 0 Å². The van der Waals surface area contributed by atoms with Crippen molar-refractivity contribution in [2.75, 3.05) is 13.2 Å². The van der Waals surface area contributed by atoms with Gasteiger partial charge in [-0.1, -0.05) is 23.7 Å². The van der Waals surface area contributed by atoms with E-state index in [1.165, 1.54) is 29.2 Å². The summed E-state index contributed by atoms with van der Waals surface area (Å²) >= 11 is 0. The van der Waals surface area contributed by atoms with Crippen LogP contribution in [0.2, 0.25) is 0 Å². The molecule has 3 aromatic carbocycles. The Kier molecular flexibility index (Phi) is 8.35. The molecule has 0 spiro atoms. The number of carbonyl (C=O) groups is 2. The highest BCUT2D eigenvalue weighted by Crippen LogP contribution is 2.33. The van der Waals surface area contributed by atoms with Crippen LogP contribution < -0.4 is 0 Å². The van der Waals surface area contributed by atoms with Crippen LogP contribution >= 0.6 is 0 Å². The van der Waals surface area contributed by atoms with Gasteiger partial charge in [0.05, 0.1) is 13.2 Å². The van der Waals surface area contributed by atoms with Crippen LogP contribution in [-0.2, 0) is 9.47 Å². The average molecular weight is 554 g/mol. The minimum atomic E-state index is -1.18. The number of carbonyl (C=O) groups excluding carboxylic acids is 1. The first kappa shape index (κ1) is 29.6. The van der Waals surface area contributed by atoms with E-state index in [2.05, 4.69) is 23.7 Å². The van der Waals surface area contributed by atoms with Crippen LogP contribution in [0.4, 0.5) is 9.18 Å². The van der Waals surface area contributed by atoms with Gasteiger partial charge in [-0.3, -0.25) is 9.69 Å². The fraction of sp³-hybridized carbons (Fsp3) is 0.294. The number of ether oxygens (including phenoxy) is 2. The Bertz CT molecular complexity index is 1530. The Labute approximate surface area is 240 Å². The molecule has 7 heteroatoms. The molecular weight excluding hydrogens is 521 g/mol. The van der Waals surface area contributed by atoms with Gasteiger partial charge in [-0.15, -0.1) is 0 Å². The second-order valence-corrected chi connectivity index (χ2v) is 11.3. The smallest absolute Gasteiger partial charge is 0.409 e. The number of benzene rings is 3. The van der Waals surface area contributed by atoms with Crippen molar-refractivity contribution < 1.29 is 28.6 Å². The zero-order valence-electron chi connectivity index (χ0n) is 23.7. The van der Waals surface area contributed by atoms with Gasteiger partial charge in [-0.25, -0.2) is 9.18 Å². The summed E-state index contributed by atoms with van der Waals surface area (Å²) in [6, 6.07) is 19.7. The molecule has 4 rings (SSSR count). The summed E-state index contributed by atoms with van der Waals surface area (Å²) in [6.07, 6.45) is -1.10. The van der Waals surface area contributed by atoms with Crippen LogP contribution in [0, 0.1) is 29.5 Å². The van der Waals surface area contributed by atoms with E-state index in [0.717, 1.165) is 11.1 Å². The van der Waals surface area contributed by atoms with Crippen LogP contribution in [-0.4, -0.2) is 52.0 Å². The summed E-state index contributed by atoms with van der Waals surface area (Å²) in [6.45, 7) is 9.17. The number of rotatable bonds is 3. The minimum Gasteiger partial charge on any atom is -0.465 e. The molecule has 1 saturated heterocycles. The van der Waals surface area contributed by atoms with E-state index in [0.29, 0.717) is 16.7 Å². The Hall–Kier alpha value is -4.43. The highest BCUT2D eigenvalue weighted by atomic mass is 19.1. The molecule has 210 valence electrons. The number of nitrogens with zero attached hydrogens (tertiary/aromatic N) is 1. The maximum Gasteiger partial charge on any atom is 0.409 e. The molecule has 1 aliphatic rings. The van der Waals surface area contributed by atoms with Gasteiger partial charge in [-0.05, 0) is 107 Å². The summed E-state index contributed by atoms with van der Waals surface area (Å²) in [5, 5.41) is 10.0. The first-order valence-corrected chi connectivity index (χ1v) is 13.1. The van der Waals surface area contributed by atoms with Gasteiger partial charge in [0.15, 0.2) is 17.1 Å². The predicted octanol–water partition coefficient (Wildman–Crippen LogP) is 6.11. The van der Waals surface area contributed by atoms with Gasteiger partial charge in [0.1, 0.15) is 5.82 Å². The Morgan fingerprint density at radius 1 is 0.780 bits per heavy atom. The summed E-state index contributed by atoms with van der Waals surface area (Å²) in [4.78, 5) is 26.2. The lowest BCUT2D eigenvalue weighted by Crippen LogP contribution is -2.66. The van der Waals surface area contributed by atoms with Crippen molar-refractivity contribution in [1.29, 1.82) is 0 Å². The molecular formula is C34H32FNO5. The topological polar surface area (TPSA) is 76.1 Å². The van der Waals surface area contributed by atoms with Gasteiger partial charge in [-0.2, -0.15) is 0 Å². The second kappa shape index (κ2) is 11.6. The summed E-state index contributed by atoms with van der Waals surface area (Å²) in [5.74, 6) is 11.0. The minimum absolute atomic E-state index is 0.0778. The highest BCUT2D eigenvalue weighted by Gasteiger charge is 2.49. The number of halogens is 1. The van der Waals surface area contributed by atoms with Gasteiger partial charge in [0.2, 0.25) is 0 Å². The van der Waals surface area contributed by atoms with Crippen molar-refractivity contribution in [1.82, 2.24) is 4.90 Å². The van der Waals surface area contributed by atoms with E-state index in [9.17, 15) is 19.1 Å². The fourth-order valence-corrected chi connectivity index (χ4v) is 4.48. The first-order valence-electron chi connectivity index (χ1n) is 13.1. The third-order valence-corrected chi connectivity index (χ3v) is 6.54. The van der Waals surface area contributed by atoms with Gasteiger partial charge < -0.3 is 14.6 Å². The lowest BCUT2D eigenvalue weighted by Gasteiger charge is -2.50. The third kappa shape index (κ3) is 7.21. The lowest BCUT2D eigenvalue weighted by atomic mass is 9.91. The molecule has 1 heterocycles. The number of ketones is 1. The molecule has 6 nitrogen and oxygen atoms in total. The number of amides is 1. The van der Waals surface area contributed by atoms with E-state index in [4.69, 9.17) is 9.47 Å². The maximum atomic E-state index is 13.1. The molecule has 1 N–H and O–H groups in total. The van der Waals surface area contributed by atoms with Crippen molar-refractivity contribution in [2.45, 2.75) is 51.5 Å². The second-order valence-electron chi connectivity index (χ2n) is 11.3. The summed E-state index contributed by atoms with van der Waals surface area (Å²) in [7, 11) is 0. The quantitative estimate of drug-likeness (QED) is 0.313. The first-order chi connectivity index (χ1) is 19.3. The zero-order chi connectivity index (χ0) is 29.8. The Balaban J connectivity index is 1.50. The molecule has 0 bridgehead atoms. The Morgan fingerprint density at radius 3 is 1.63 bits per heavy atom. The molecule has 1 aliphatic heterocycles. The molecule has 0 radical (unpaired) electrons. The standard InChI is InChI=1S/C34H32FNO5/c1-32(2,3)36(31(38)39)34(22-40-33(4,5)41-23-34)21-20-26-10-8-24(9-11-26)6-7-25-12-14-27(15-13-25)30(37)28-16-18-29(35)19-17-28/h8-19H,22-23H2,1-5H3,(H,38,39). The number of carboxylic acid groups (broad SMARTS) is 1. The maximum absolute atomic E-state index is 13.1. The van der Waals surface area contributed by atoms with Crippen LogP contribution in [0.25, 0.3) is 0 Å². The largest absolute Gasteiger partial charge is 0.465 e. The molecule has 1 amide bonds. The molecule has 0 atom stereocenters. The summed E-state index contributed by atoms with van der Waals surface area (Å²) in [5.41, 5.74) is 1.20. The van der Waals surface area contributed by atoms with Gasteiger partial charge in [0.25, 0.3) is 0 Å². The highest BCUT2D eigenvalue weighted by molar-refractivity contribution is 6.09. The third-order valence-electron chi connectivity index (χ3n) is 6.54. The van der Waals surface area contributed by atoms with Crippen molar-refractivity contribution >= 4 is 11.9 Å². The monoisotopic (exact) mass is 553 g/mol. The van der Waals surface area contributed by atoms with Crippen molar-refractivity contribution in [3.05, 3.63) is 106 Å². The van der Waals surface area contributed by atoms with Gasteiger partial charge >= 0.3 is 6.09 Å². The van der Waals surface area contributed by atoms with Crippen LogP contribution in [0.1, 0.15) is 67.2 Å². The van der Waals surface area contributed by atoms with Gasteiger partial charge in [0, 0.05) is 33.4 Å². The van der Waals surface area contributed by atoms with Crippen LogP contribution in [0.3, 0.4) is 0 Å². The average Bonchev–Trinajstić information content (AvgIpc) is 2.92. The zero-order valence-corrected chi connectivity index (χ0v) is 23.7. The summed E-state index contributed by atoms with van der Waals surface area (Å²) < 4.78 is 24.8. The number of hydrogen-bond acceptors (Lipinski definition) is 4. The van der Waals surface area contributed by atoms with E-state index < -0.39 is 23.0 Å². The molecule has 0 aromatic heterocycles. The molecule has 1 fully saturated rings. The van der Waals surface area contributed by atoms with E-state index in [1.54, 1.807) is 38.1 Å². The molecule has 0 unspecified atom stereocenters. The van der Waals surface area contributed by atoms with Crippen molar-refractivity contribution in [3.63, 3.8) is 0 Å². The molecule has 3 aromatic rings. The van der Waals surface area contributed by atoms with E-state index >= 15 is 0 Å². The normalized spacial score (nSPS) is 15.5. The fourth-order valence-electron chi connectivity index (χ4n) is 4.48. The molecule has 41 heavy (non-hydrogen) atoms. The van der Waals surface area contributed by atoms with E-state index in [1.807, 2.05) is 45.0 Å². The van der Waals surface area contributed by atoms with Crippen molar-refractivity contribution in [3.8, 4) is 23.7 Å². The number of hydrogen-bond donors (Lipinski definition) is 1. The molecule has 0 saturated carbocycles. The Morgan fingerprint density at radius 2 is 1.20 bits per heavy atom. The van der Waals surface area contributed by atoms with E-state index in [-0.39, 0.29) is 24.8 Å². The predicted molar refractivity (Wildman–Crippen MR) is 154 cm³/mol.